The summed E-state index contributed by atoms with van der Waals surface area (Å²) in [6.07, 6.45) is 13.2. The SMILES string of the molecule is CCCCCCc1ccc(C2CCC(OCCC[Si](Br)(Br)Br)CC2)cc1. The first-order valence-electron chi connectivity index (χ1n) is 10.2. The number of unbranched alkanes of at least 4 members (excludes halogenated alkanes) is 3. The quantitative estimate of drug-likeness (QED) is 0.148. The number of hydrogen-bond acceptors (Lipinski definition) is 1. The van der Waals surface area contributed by atoms with Crippen LogP contribution in [0.25, 0.3) is 0 Å². The van der Waals surface area contributed by atoms with E-state index < -0.39 is 3.93 Å². The van der Waals surface area contributed by atoms with E-state index in [1.807, 2.05) is 0 Å². The molecule has 0 N–H and O–H groups in total. The maximum atomic E-state index is 6.11. The van der Waals surface area contributed by atoms with Gasteiger partial charge in [0.2, 0.25) is 0 Å². The molecule has 148 valence electrons. The molecule has 0 spiro atoms. The van der Waals surface area contributed by atoms with E-state index in [9.17, 15) is 0 Å². The Morgan fingerprint density at radius 3 is 2.23 bits per heavy atom. The molecule has 0 aromatic heterocycles. The van der Waals surface area contributed by atoms with E-state index in [0.717, 1.165) is 25.0 Å². The van der Waals surface area contributed by atoms with Crippen LogP contribution in [0, 0.1) is 0 Å². The molecular formula is C21H33Br3OSi. The Labute approximate surface area is 184 Å². The summed E-state index contributed by atoms with van der Waals surface area (Å²) in [5.74, 6) is 0.733. The maximum Gasteiger partial charge on any atom is 0.267 e. The normalized spacial score (nSPS) is 21.1. The summed E-state index contributed by atoms with van der Waals surface area (Å²) in [5.41, 5.74) is 3.04. The molecular weight excluding hydrogens is 536 g/mol. The monoisotopic (exact) mass is 566 g/mol. The fourth-order valence-corrected chi connectivity index (χ4v) is 6.87. The predicted octanol–water partition coefficient (Wildman–Crippen LogP) is 8.37. The van der Waals surface area contributed by atoms with Crippen LogP contribution in [-0.4, -0.2) is 16.6 Å². The van der Waals surface area contributed by atoms with E-state index in [1.165, 1.54) is 68.9 Å². The van der Waals surface area contributed by atoms with Crippen LogP contribution in [0.15, 0.2) is 24.3 Å². The van der Waals surface area contributed by atoms with Crippen LogP contribution in [0.3, 0.4) is 0 Å². The van der Waals surface area contributed by atoms with Gasteiger partial charge < -0.3 is 4.74 Å². The van der Waals surface area contributed by atoms with Gasteiger partial charge in [0.25, 0.3) is 3.93 Å². The Bertz CT molecular complexity index is 493. The lowest BCUT2D eigenvalue weighted by molar-refractivity contribution is 0.0251. The van der Waals surface area contributed by atoms with Gasteiger partial charge in [0.05, 0.1) is 6.10 Å². The maximum absolute atomic E-state index is 6.11. The summed E-state index contributed by atoms with van der Waals surface area (Å²) in [7, 11) is 0. The molecule has 0 radical (unpaired) electrons. The zero-order valence-corrected chi connectivity index (χ0v) is 21.7. The third-order valence-corrected chi connectivity index (χ3v) is 9.89. The zero-order chi connectivity index (χ0) is 18.8. The number of hydrogen-bond donors (Lipinski definition) is 0. The highest BCUT2D eigenvalue weighted by atomic mass is 80.0. The van der Waals surface area contributed by atoms with Crippen molar-refractivity contribution in [2.24, 2.45) is 0 Å². The van der Waals surface area contributed by atoms with Crippen LogP contribution < -0.4 is 0 Å². The van der Waals surface area contributed by atoms with Crippen molar-refractivity contribution in [2.75, 3.05) is 6.61 Å². The highest BCUT2D eigenvalue weighted by Gasteiger charge is 2.24. The fourth-order valence-electron chi connectivity index (χ4n) is 3.80. The molecule has 5 heteroatoms. The number of ether oxygens (including phenoxy) is 1. The second kappa shape index (κ2) is 12.4. The molecule has 0 unspecified atom stereocenters. The van der Waals surface area contributed by atoms with Gasteiger partial charge >= 0.3 is 0 Å². The minimum atomic E-state index is -1.46. The van der Waals surface area contributed by atoms with Gasteiger partial charge in [-0.05, 0) is 68.0 Å². The smallest absolute Gasteiger partial charge is 0.267 e. The van der Waals surface area contributed by atoms with E-state index in [2.05, 4.69) is 77.1 Å². The molecule has 0 atom stereocenters. The van der Waals surface area contributed by atoms with Crippen LogP contribution in [-0.2, 0) is 11.2 Å². The summed E-state index contributed by atoms with van der Waals surface area (Å²) in [6.45, 7) is 3.16. The molecule has 0 amide bonds. The van der Waals surface area contributed by atoms with E-state index in [0.29, 0.717) is 6.10 Å². The highest BCUT2D eigenvalue weighted by molar-refractivity contribution is 9.72. The van der Waals surface area contributed by atoms with Gasteiger partial charge in [-0.25, -0.2) is 0 Å². The Balaban J connectivity index is 1.65. The third kappa shape index (κ3) is 9.36. The molecule has 1 aliphatic carbocycles. The Morgan fingerprint density at radius 2 is 1.62 bits per heavy atom. The van der Waals surface area contributed by atoms with Crippen molar-refractivity contribution in [3.8, 4) is 0 Å². The van der Waals surface area contributed by atoms with E-state index in [4.69, 9.17) is 4.74 Å². The number of rotatable bonds is 11. The van der Waals surface area contributed by atoms with Crippen molar-refractivity contribution in [3.63, 3.8) is 0 Å². The molecule has 26 heavy (non-hydrogen) atoms. The van der Waals surface area contributed by atoms with E-state index in [1.54, 1.807) is 0 Å². The van der Waals surface area contributed by atoms with E-state index in [-0.39, 0.29) is 0 Å². The molecule has 1 aromatic rings. The van der Waals surface area contributed by atoms with Gasteiger partial charge in [-0.1, -0.05) is 96.3 Å². The topological polar surface area (TPSA) is 9.23 Å². The van der Waals surface area contributed by atoms with Crippen molar-refractivity contribution >= 4 is 49.8 Å². The second-order valence-corrected chi connectivity index (χ2v) is 31.1. The van der Waals surface area contributed by atoms with Crippen molar-refractivity contribution in [1.82, 2.24) is 0 Å². The van der Waals surface area contributed by atoms with Crippen molar-refractivity contribution in [2.45, 2.75) is 89.2 Å². The molecule has 0 heterocycles. The van der Waals surface area contributed by atoms with Crippen molar-refractivity contribution in [3.05, 3.63) is 35.4 Å². The number of halogens is 3. The largest absolute Gasteiger partial charge is 0.378 e. The van der Waals surface area contributed by atoms with Crippen LogP contribution >= 0.6 is 45.9 Å². The van der Waals surface area contributed by atoms with Gasteiger partial charge in [-0.3, -0.25) is 0 Å². The van der Waals surface area contributed by atoms with Crippen LogP contribution in [0.5, 0.6) is 0 Å². The number of benzene rings is 1. The Hall–Kier alpha value is 0.837. The lowest BCUT2D eigenvalue weighted by Crippen LogP contribution is -2.21. The standard InChI is InChI=1S/C21H33Br3OSi/c1-2-3-4-5-7-18-8-10-19(11-9-18)20-12-14-21(15-13-20)25-16-6-17-26(22,23)24/h8-11,20-21H,2-7,12-17H2,1H3. The van der Waals surface area contributed by atoms with Crippen LogP contribution in [0.4, 0.5) is 0 Å². The molecule has 2 rings (SSSR count). The third-order valence-electron chi connectivity index (χ3n) is 5.40. The first kappa shape index (κ1) is 23.1. The lowest BCUT2D eigenvalue weighted by Gasteiger charge is -2.29. The summed E-state index contributed by atoms with van der Waals surface area (Å²) < 4.78 is 4.65. The van der Waals surface area contributed by atoms with Crippen LogP contribution in [0.1, 0.15) is 81.8 Å². The van der Waals surface area contributed by atoms with Gasteiger partial charge in [0, 0.05) is 6.61 Å². The molecule has 1 aliphatic rings. The summed E-state index contributed by atoms with van der Waals surface area (Å²) in [4.78, 5) is 0. The average Bonchev–Trinajstić information content (AvgIpc) is 2.63. The molecule has 1 nitrogen and oxygen atoms in total. The van der Waals surface area contributed by atoms with Gasteiger partial charge in [-0.2, -0.15) is 0 Å². The van der Waals surface area contributed by atoms with Gasteiger partial charge in [0.15, 0.2) is 0 Å². The predicted molar refractivity (Wildman–Crippen MR) is 127 cm³/mol. The van der Waals surface area contributed by atoms with Gasteiger partial charge in [-0.15, -0.1) is 0 Å². The minimum absolute atomic E-state index is 0.473. The summed E-state index contributed by atoms with van der Waals surface area (Å²) in [5, 5.41) is 0. The molecule has 0 saturated heterocycles. The number of aryl methyl sites for hydroxylation is 1. The Kier molecular flexibility index (Phi) is 11.0. The first-order valence-corrected chi connectivity index (χ1v) is 19.2. The second-order valence-electron chi connectivity index (χ2n) is 7.62. The van der Waals surface area contributed by atoms with Crippen LogP contribution in [0.2, 0.25) is 6.04 Å². The Morgan fingerprint density at radius 1 is 0.923 bits per heavy atom. The van der Waals surface area contributed by atoms with E-state index >= 15 is 0 Å². The molecule has 0 bridgehead atoms. The first-order chi connectivity index (χ1) is 12.5. The summed E-state index contributed by atoms with van der Waals surface area (Å²) in [6, 6.07) is 10.6. The van der Waals surface area contributed by atoms with Crippen molar-refractivity contribution < 1.29 is 4.74 Å². The van der Waals surface area contributed by atoms with Crippen molar-refractivity contribution in [1.29, 1.82) is 0 Å². The molecule has 1 fully saturated rings. The molecule has 0 aliphatic heterocycles. The summed E-state index contributed by atoms with van der Waals surface area (Å²) >= 11 is 11.0. The average molecular weight is 569 g/mol. The lowest BCUT2D eigenvalue weighted by atomic mass is 9.82. The molecule has 1 saturated carbocycles. The fraction of sp³-hybridized carbons (Fsp3) is 0.714. The van der Waals surface area contributed by atoms with Gasteiger partial charge in [0.1, 0.15) is 0 Å². The molecule has 1 aromatic carbocycles. The highest BCUT2D eigenvalue weighted by Crippen LogP contribution is 2.35. The minimum Gasteiger partial charge on any atom is -0.378 e. The zero-order valence-electron chi connectivity index (χ0n) is 16.0.